The van der Waals surface area contributed by atoms with Crippen molar-refractivity contribution in [2.75, 3.05) is 39.3 Å². The van der Waals surface area contributed by atoms with E-state index in [1.54, 1.807) is 24.3 Å². The number of hydrogen-bond donors (Lipinski definition) is 1. The van der Waals surface area contributed by atoms with E-state index in [2.05, 4.69) is 5.32 Å². The Kier molecular flexibility index (Phi) is 5.74. The van der Waals surface area contributed by atoms with Gasteiger partial charge in [0.05, 0.1) is 6.54 Å². The fourth-order valence-electron chi connectivity index (χ4n) is 2.99. The summed E-state index contributed by atoms with van der Waals surface area (Å²) in [5.74, 6) is 0.888. The monoisotopic (exact) mass is 349 g/mol. The van der Waals surface area contributed by atoms with Crippen LogP contribution in [0.4, 0.5) is 0 Å². The molecule has 2 fully saturated rings. The van der Waals surface area contributed by atoms with E-state index in [-0.39, 0.29) is 11.8 Å². The van der Waals surface area contributed by atoms with Crippen molar-refractivity contribution in [1.29, 1.82) is 0 Å². The van der Waals surface area contributed by atoms with E-state index in [9.17, 15) is 9.59 Å². The van der Waals surface area contributed by atoms with Crippen LogP contribution in [0.3, 0.4) is 0 Å². The molecule has 24 heavy (non-hydrogen) atoms. The third-order valence-corrected chi connectivity index (χ3v) is 4.85. The Bertz CT molecular complexity index is 604. The van der Waals surface area contributed by atoms with Crippen molar-refractivity contribution in [2.24, 2.45) is 5.92 Å². The van der Waals surface area contributed by atoms with Gasteiger partial charge in [-0.25, -0.2) is 0 Å². The van der Waals surface area contributed by atoms with Crippen LogP contribution in [0.5, 0.6) is 0 Å². The van der Waals surface area contributed by atoms with Gasteiger partial charge in [-0.15, -0.1) is 0 Å². The van der Waals surface area contributed by atoms with Crippen molar-refractivity contribution in [2.45, 2.75) is 19.3 Å². The Morgan fingerprint density at radius 2 is 1.88 bits per heavy atom. The Hall–Kier alpha value is -1.59. The van der Waals surface area contributed by atoms with Crippen LogP contribution in [-0.4, -0.2) is 60.9 Å². The van der Waals surface area contributed by atoms with Crippen LogP contribution >= 0.6 is 11.6 Å². The number of nitrogens with zero attached hydrogens (tertiary/aromatic N) is 2. The lowest BCUT2D eigenvalue weighted by atomic mass is 10.2. The number of rotatable bonds is 5. The van der Waals surface area contributed by atoms with Gasteiger partial charge in [0, 0.05) is 36.8 Å². The maximum Gasteiger partial charge on any atom is 0.253 e. The molecule has 1 aliphatic heterocycles. The minimum absolute atomic E-state index is 0.0151. The molecule has 0 unspecified atom stereocenters. The SMILES string of the molecule is O=C(CNCC1CC1)N1CCCN(C(=O)c2cccc(Cl)c2)CC1. The zero-order chi connectivity index (χ0) is 16.9. The average Bonchev–Trinajstić information content (AvgIpc) is 3.40. The highest BCUT2D eigenvalue weighted by Gasteiger charge is 2.24. The summed E-state index contributed by atoms with van der Waals surface area (Å²) < 4.78 is 0. The van der Waals surface area contributed by atoms with E-state index >= 15 is 0 Å². The lowest BCUT2D eigenvalue weighted by Gasteiger charge is -2.22. The summed E-state index contributed by atoms with van der Waals surface area (Å²) >= 11 is 5.97. The molecule has 0 spiro atoms. The number of hydrogen-bond acceptors (Lipinski definition) is 3. The molecular weight excluding hydrogens is 326 g/mol. The minimum Gasteiger partial charge on any atom is -0.340 e. The van der Waals surface area contributed by atoms with Gasteiger partial charge in [-0.05, 0) is 49.9 Å². The molecule has 1 saturated heterocycles. The molecule has 0 bridgehead atoms. The van der Waals surface area contributed by atoms with E-state index in [4.69, 9.17) is 11.6 Å². The largest absolute Gasteiger partial charge is 0.340 e. The second-order valence-electron chi connectivity index (χ2n) is 6.61. The van der Waals surface area contributed by atoms with Crippen molar-refractivity contribution < 1.29 is 9.59 Å². The number of halogens is 1. The Labute approximate surface area is 147 Å². The average molecular weight is 350 g/mol. The number of carbonyl (C=O) groups excluding carboxylic acids is 2. The molecular formula is C18H24ClN3O2. The lowest BCUT2D eigenvalue weighted by Crippen LogP contribution is -2.41. The van der Waals surface area contributed by atoms with Gasteiger partial charge in [0.1, 0.15) is 0 Å². The summed E-state index contributed by atoms with van der Waals surface area (Å²) in [7, 11) is 0. The van der Waals surface area contributed by atoms with Crippen molar-refractivity contribution in [3.8, 4) is 0 Å². The van der Waals surface area contributed by atoms with E-state index in [1.807, 2.05) is 9.80 Å². The summed E-state index contributed by atoms with van der Waals surface area (Å²) in [4.78, 5) is 28.6. The topological polar surface area (TPSA) is 52.7 Å². The van der Waals surface area contributed by atoms with Crippen molar-refractivity contribution in [3.63, 3.8) is 0 Å². The van der Waals surface area contributed by atoms with Crippen molar-refractivity contribution >= 4 is 23.4 Å². The van der Waals surface area contributed by atoms with Crippen LogP contribution in [0, 0.1) is 5.92 Å². The molecule has 5 nitrogen and oxygen atoms in total. The predicted molar refractivity (Wildman–Crippen MR) is 94.1 cm³/mol. The first kappa shape index (κ1) is 17.2. The number of carbonyl (C=O) groups is 2. The predicted octanol–water partition coefficient (Wildman–Crippen LogP) is 2.01. The molecule has 3 rings (SSSR count). The van der Waals surface area contributed by atoms with Crippen LogP contribution in [0.2, 0.25) is 5.02 Å². The standard InChI is InChI=1S/C18H24ClN3O2/c19-16-4-1-3-15(11-16)18(24)22-8-2-7-21(9-10-22)17(23)13-20-12-14-5-6-14/h1,3-4,11,14,20H,2,5-10,12-13H2. The van der Waals surface area contributed by atoms with Crippen molar-refractivity contribution in [1.82, 2.24) is 15.1 Å². The summed E-state index contributed by atoms with van der Waals surface area (Å²) in [6.45, 7) is 3.89. The highest BCUT2D eigenvalue weighted by Crippen LogP contribution is 2.27. The van der Waals surface area contributed by atoms with Gasteiger partial charge in [-0.3, -0.25) is 9.59 Å². The van der Waals surface area contributed by atoms with Gasteiger partial charge < -0.3 is 15.1 Å². The Balaban J connectivity index is 1.50. The van der Waals surface area contributed by atoms with Crippen LogP contribution in [-0.2, 0) is 4.79 Å². The highest BCUT2D eigenvalue weighted by molar-refractivity contribution is 6.30. The van der Waals surface area contributed by atoms with E-state index in [0.717, 1.165) is 18.9 Å². The Morgan fingerprint density at radius 3 is 2.62 bits per heavy atom. The second kappa shape index (κ2) is 7.99. The molecule has 2 aliphatic rings. The number of benzene rings is 1. The minimum atomic E-state index is -0.0151. The van der Waals surface area contributed by atoms with Crippen LogP contribution < -0.4 is 5.32 Å². The van der Waals surface area contributed by atoms with Crippen LogP contribution in [0.25, 0.3) is 0 Å². The van der Waals surface area contributed by atoms with Gasteiger partial charge in [0.25, 0.3) is 5.91 Å². The van der Waals surface area contributed by atoms with Crippen molar-refractivity contribution in [3.05, 3.63) is 34.9 Å². The first-order chi connectivity index (χ1) is 11.6. The molecule has 0 radical (unpaired) electrons. The van der Waals surface area contributed by atoms with Gasteiger partial charge in [-0.1, -0.05) is 17.7 Å². The van der Waals surface area contributed by atoms with E-state index < -0.39 is 0 Å². The van der Waals surface area contributed by atoms with E-state index in [0.29, 0.717) is 43.3 Å². The molecule has 130 valence electrons. The molecule has 1 aliphatic carbocycles. The molecule has 1 N–H and O–H groups in total. The molecule has 1 saturated carbocycles. The lowest BCUT2D eigenvalue weighted by molar-refractivity contribution is -0.130. The van der Waals surface area contributed by atoms with Gasteiger partial charge in [-0.2, -0.15) is 0 Å². The fraction of sp³-hybridized carbons (Fsp3) is 0.556. The molecule has 1 aromatic rings. The second-order valence-corrected chi connectivity index (χ2v) is 7.05. The van der Waals surface area contributed by atoms with Gasteiger partial charge >= 0.3 is 0 Å². The molecule has 6 heteroatoms. The normalized spacial score (nSPS) is 18.4. The van der Waals surface area contributed by atoms with Crippen LogP contribution in [0.15, 0.2) is 24.3 Å². The number of amides is 2. The maximum atomic E-state index is 12.6. The van der Waals surface area contributed by atoms with Gasteiger partial charge in [0.15, 0.2) is 0 Å². The summed E-state index contributed by atoms with van der Waals surface area (Å²) in [5.41, 5.74) is 0.605. The van der Waals surface area contributed by atoms with E-state index in [1.165, 1.54) is 12.8 Å². The molecule has 1 heterocycles. The third kappa shape index (κ3) is 4.71. The van der Waals surface area contributed by atoms with Gasteiger partial charge in [0.2, 0.25) is 5.91 Å². The third-order valence-electron chi connectivity index (χ3n) is 4.61. The molecule has 1 aromatic carbocycles. The zero-order valence-corrected chi connectivity index (χ0v) is 14.6. The summed E-state index contributed by atoms with van der Waals surface area (Å²) in [5, 5.41) is 3.81. The fourth-order valence-corrected chi connectivity index (χ4v) is 3.18. The molecule has 0 atom stereocenters. The highest BCUT2D eigenvalue weighted by atomic mass is 35.5. The zero-order valence-electron chi connectivity index (χ0n) is 13.8. The smallest absolute Gasteiger partial charge is 0.253 e. The summed E-state index contributed by atoms with van der Waals surface area (Å²) in [6, 6.07) is 7.02. The molecule has 0 aromatic heterocycles. The van der Waals surface area contributed by atoms with Crippen LogP contribution in [0.1, 0.15) is 29.6 Å². The molecule has 2 amide bonds. The first-order valence-electron chi connectivity index (χ1n) is 8.67. The maximum absolute atomic E-state index is 12.6. The number of nitrogens with one attached hydrogen (secondary N) is 1. The first-order valence-corrected chi connectivity index (χ1v) is 9.04. The summed E-state index contributed by atoms with van der Waals surface area (Å²) in [6.07, 6.45) is 3.37. The quantitative estimate of drug-likeness (QED) is 0.884. The Morgan fingerprint density at radius 1 is 1.12 bits per heavy atom.